The van der Waals surface area contributed by atoms with Gasteiger partial charge in [0, 0.05) is 21.5 Å². The first-order valence-corrected chi connectivity index (χ1v) is 14.6. The molecule has 0 saturated heterocycles. The van der Waals surface area contributed by atoms with Crippen molar-refractivity contribution < 1.29 is 4.79 Å². The molecule has 0 bridgehead atoms. The molecule has 1 unspecified atom stereocenters. The molecule has 188 valence electrons. The molecule has 1 amide bonds. The molecule has 1 atom stereocenters. The fraction of sp³-hybridized carbons (Fsp3) is 0.407. The number of carbonyl (C=O) groups excluding carboxylic acids is 1. The zero-order valence-corrected chi connectivity index (χ0v) is 24.0. The van der Waals surface area contributed by atoms with Gasteiger partial charge in [-0.05, 0) is 48.3 Å². The fourth-order valence-corrected chi connectivity index (χ4v) is 6.85. The summed E-state index contributed by atoms with van der Waals surface area (Å²) >= 11 is 6.35. The summed E-state index contributed by atoms with van der Waals surface area (Å²) in [7, 11) is 0. The van der Waals surface area contributed by atoms with Crippen LogP contribution in [0.25, 0.3) is 11.4 Å². The van der Waals surface area contributed by atoms with Gasteiger partial charge in [0.25, 0.3) is 0 Å². The van der Waals surface area contributed by atoms with Crippen LogP contribution in [0.5, 0.6) is 0 Å². The zero-order chi connectivity index (χ0) is 25.9. The largest absolute Gasteiger partial charge is 0.316 e. The van der Waals surface area contributed by atoms with Crippen LogP contribution in [0.3, 0.4) is 0 Å². The molecule has 9 heteroatoms. The van der Waals surface area contributed by atoms with Gasteiger partial charge in [0.15, 0.2) is 11.0 Å². The predicted octanol–water partition coefficient (Wildman–Crippen LogP) is 7.10. The number of allylic oxidation sites excluding steroid dienone is 1. The van der Waals surface area contributed by atoms with E-state index in [1.807, 2.05) is 28.8 Å². The predicted molar refractivity (Wildman–Crippen MR) is 151 cm³/mol. The van der Waals surface area contributed by atoms with Crippen molar-refractivity contribution in [2.24, 2.45) is 11.3 Å². The summed E-state index contributed by atoms with van der Waals surface area (Å²) < 4.78 is 2.94. The number of rotatable bonds is 9. The number of carbonyl (C=O) groups is 1. The van der Waals surface area contributed by atoms with E-state index in [2.05, 4.69) is 64.9 Å². The molecular formula is C27H30BrN5OS2. The van der Waals surface area contributed by atoms with Crippen LogP contribution in [0.4, 0.5) is 5.00 Å². The van der Waals surface area contributed by atoms with Crippen LogP contribution < -0.4 is 5.32 Å². The molecule has 0 aliphatic heterocycles. The number of hydrogen-bond donors (Lipinski definition) is 1. The third-order valence-corrected chi connectivity index (χ3v) is 9.77. The van der Waals surface area contributed by atoms with Crippen LogP contribution in [0, 0.1) is 22.7 Å². The number of thiophene rings is 1. The lowest BCUT2D eigenvalue weighted by molar-refractivity contribution is -0.113. The lowest BCUT2D eigenvalue weighted by Gasteiger charge is -2.36. The van der Waals surface area contributed by atoms with Gasteiger partial charge in [0.05, 0.1) is 11.3 Å². The van der Waals surface area contributed by atoms with Crippen molar-refractivity contribution in [2.75, 3.05) is 11.1 Å². The second-order valence-corrected chi connectivity index (χ2v) is 12.6. The lowest BCUT2D eigenvalue weighted by Crippen LogP contribution is -2.28. The highest BCUT2D eigenvalue weighted by Crippen LogP contribution is 2.45. The molecule has 2 heterocycles. The van der Waals surface area contributed by atoms with Crippen molar-refractivity contribution >= 4 is 49.9 Å². The van der Waals surface area contributed by atoms with Gasteiger partial charge in [-0.3, -0.25) is 9.36 Å². The van der Waals surface area contributed by atoms with Crippen LogP contribution in [0.2, 0.25) is 0 Å². The Morgan fingerprint density at radius 2 is 2.14 bits per heavy atom. The van der Waals surface area contributed by atoms with Crippen molar-refractivity contribution in [1.29, 1.82) is 5.26 Å². The molecule has 1 aromatic carbocycles. The summed E-state index contributed by atoms with van der Waals surface area (Å²) in [6.07, 6.45) is 5.88. The molecule has 6 nitrogen and oxygen atoms in total. The van der Waals surface area contributed by atoms with Gasteiger partial charge in [-0.25, -0.2) is 0 Å². The Morgan fingerprint density at radius 1 is 1.39 bits per heavy atom. The molecule has 0 fully saturated rings. The molecule has 0 saturated carbocycles. The quantitative estimate of drug-likeness (QED) is 0.214. The summed E-state index contributed by atoms with van der Waals surface area (Å²) in [4.78, 5) is 14.1. The highest BCUT2D eigenvalue weighted by atomic mass is 79.9. The van der Waals surface area contributed by atoms with Gasteiger partial charge in [0.1, 0.15) is 11.1 Å². The molecular weight excluding hydrogens is 554 g/mol. The average molecular weight is 585 g/mol. The smallest absolute Gasteiger partial charge is 0.235 e. The van der Waals surface area contributed by atoms with Gasteiger partial charge >= 0.3 is 0 Å². The Hall–Kier alpha value is -2.41. The van der Waals surface area contributed by atoms with Gasteiger partial charge in [0.2, 0.25) is 5.91 Å². The van der Waals surface area contributed by atoms with Crippen LogP contribution in [-0.4, -0.2) is 26.4 Å². The van der Waals surface area contributed by atoms with E-state index in [1.165, 1.54) is 16.6 Å². The van der Waals surface area contributed by atoms with E-state index in [4.69, 9.17) is 0 Å². The Balaban J connectivity index is 1.46. The van der Waals surface area contributed by atoms with E-state index in [0.29, 0.717) is 28.2 Å². The number of hydrogen-bond acceptors (Lipinski definition) is 6. The molecule has 0 spiro atoms. The summed E-state index contributed by atoms with van der Waals surface area (Å²) in [6.45, 7) is 11.3. The second-order valence-electron chi connectivity index (χ2n) is 9.65. The van der Waals surface area contributed by atoms with E-state index < -0.39 is 0 Å². The first-order chi connectivity index (χ1) is 17.3. The van der Waals surface area contributed by atoms with Gasteiger partial charge in [-0.1, -0.05) is 73.1 Å². The number of nitriles is 1. The zero-order valence-electron chi connectivity index (χ0n) is 20.8. The van der Waals surface area contributed by atoms with Crippen LogP contribution >= 0.6 is 39.0 Å². The fourth-order valence-electron chi connectivity index (χ4n) is 4.54. The normalized spacial score (nSPS) is 15.2. The highest BCUT2D eigenvalue weighted by molar-refractivity contribution is 9.10. The summed E-state index contributed by atoms with van der Waals surface area (Å²) in [6, 6.07) is 10.2. The van der Waals surface area contributed by atoms with E-state index in [1.54, 1.807) is 17.4 Å². The number of amides is 1. The van der Waals surface area contributed by atoms with E-state index in [0.717, 1.165) is 47.1 Å². The number of nitrogens with zero attached hydrogens (tertiary/aromatic N) is 4. The Bertz CT molecular complexity index is 1300. The Morgan fingerprint density at radius 3 is 2.81 bits per heavy atom. The summed E-state index contributed by atoms with van der Waals surface area (Å²) in [5.74, 6) is 1.34. The van der Waals surface area contributed by atoms with Crippen molar-refractivity contribution in [3.05, 3.63) is 57.4 Å². The standard InChI is InChI=1S/C27H30BrN5OS2/c1-5-13-33-24(17-7-10-19(28)11-8-17)31-32-26(33)35-16-23(34)30-25-21(15-29)20-12-9-18(14-22(20)36-25)27(3,4)6-2/h5,7-8,10-11,18H,1,6,9,12-14,16H2,2-4H3,(H,30,34). The minimum atomic E-state index is -0.154. The number of thioether (sulfide) groups is 1. The van der Waals surface area contributed by atoms with Gasteiger partial charge in [-0.2, -0.15) is 5.26 Å². The number of nitrogens with one attached hydrogen (secondary N) is 1. The molecule has 4 rings (SSSR count). The maximum Gasteiger partial charge on any atom is 0.235 e. The molecule has 3 aromatic rings. The van der Waals surface area contributed by atoms with Crippen LogP contribution in [0.1, 0.15) is 49.6 Å². The second kappa shape index (κ2) is 11.3. The number of aromatic nitrogens is 3. The number of benzene rings is 1. The van der Waals surface area contributed by atoms with Crippen molar-refractivity contribution in [1.82, 2.24) is 14.8 Å². The molecule has 1 N–H and O–H groups in total. The van der Waals surface area contributed by atoms with Crippen LogP contribution in [-0.2, 0) is 24.2 Å². The minimum absolute atomic E-state index is 0.154. The third kappa shape index (κ3) is 5.61. The third-order valence-electron chi connectivity index (χ3n) is 7.11. The first kappa shape index (κ1) is 26.6. The molecule has 2 aromatic heterocycles. The number of anilines is 1. The van der Waals surface area contributed by atoms with Crippen molar-refractivity contribution in [3.63, 3.8) is 0 Å². The maximum absolute atomic E-state index is 12.9. The number of halogens is 1. The summed E-state index contributed by atoms with van der Waals surface area (Å²) in [5, 5.41) is 22.9. The topological polar surface area (TPSA) is 83.6 Å². The Kier molecular flexibility index (Phi) is 8.38. The maximum atomic E-state index is 12.9. The molecule has 0 radical (unpaired) electrons. The van der Waals surface area contributed by atoms with E-state index in [-0.39, 0.29) is 17.1 Å². The minimum Gasteiger partial charge on any atom is -0.316 e. The summed E-state index contributed by atoms with van der Waals surface area (Å²) in [5.41, 5.74) is 2.97. The van der Waals surface area contributed by atoms with Crippen molar-refractivity contribution in [3.8, 4) is 17.5 Å². The Labute approximate surface area is 229 Å². The lowest BCUT2D eigenvalue weighted by atomic mass is 9.69. The first-order valence-electron chi connectivity index (χ1n) is 12.0. The molecule has 1 aliphatic rings. The number of fused-ring (bicyclic) bond motifs is 1. The van der Waals surface area contributed by atoms with Gasteiger partial charge in [-0.15, -0.1) is 28.1 Å². The molecule has 1 aliphatic carbocycles. The van der Waals surface area contributed by atoms with Crippen molar-refractivity contribution in [2.45, 2.75) is 58.2 Å². The monoisotopic (exact) mass is 583 g/mol. The van der Waals surface area contributed by atoms with E-state index in [9.17, 15) is 10.1 Å². The SMILES string of the molecule is C=CCn1c(SCC(=O)Nc2sc3c(c2C#N)CCC(C(C)(C)CC)C3)nnc1-c1ccc(Br)cc1. The molecule has 36 heavy (non-hydrogen) atoms. The average Bonchev–Trinajstić information content (AvgIpc) is 3.43. The van der Waals surface area contributed by atoms with Crippen LogP contribution in [0.15, 0.2) is 46.5 Å². The van der Waals surface area contributed by atoms with Gasteiger partial charge < -0.3 is 5.32 Å². The highest BCUT2D eigenvalue weighted by Gasteiger charge is 2.34. The van der Waals surface area contributed by atoms with E-state index >= 15 is 0 Å².